The number of ether oxygens (including phenoxy) is 1. The lowest BCUT2D eigenvalue weighted by atomic mass is 10.4. The Hall–Kier alpha value is 0.270. The Labute approximate surface area is 73.1 Å². The zero-order chi connectivity index (χ0) is 8.10. The third kappa shape index (κ3) is 3.99. The third-order valence-corrected chi connectivity index (χ3v) is 2.90. The van der Waals surface area contributed by atoms with Crippen molar-refractivity contribution in [2.75, 3.05) is 24.7 Å². The lowest BCUT2D eigenvalue weighted by molar-refractivity contribution is 0.0799. The van der Waals surface area contributed by atoms with Crippen LogP contribution in [0.5, 0.6) is 0 Å². The molecule has 0 unspecified atom stereocenters. The standard InChI is InChI=1S/C8H17NOS/c1-7(2)10-4-3-9-8-5-11-6-8/h7-9H,3-6H2,1-2H3. The second-order valence-electron chi connectivity index (χ2n) is 3.11. The lowest BCUT2D eigenvalue weighted by Gasteiger charge is -2.26. The summed E-state index contributed by atoms with van der Waals surface area (Å²) in [6.07, 6.45) is 0.368. The summed E-state index contributed by atoms with van der Waals surface area (Å²) in [4.78, 5) is 0. The van der Waals surface area contributed by atoms with Gasteiger partial charge in [0.2, 0.25) is 0 Å². The molecule has 1 N–H and O–H groups in total. The molecule has 1 aliphatic heterocycles. The second-order valence-corrected chi connectivity index (χ2v) is 4.18. The van der Waals surface area contributed by atoms with Crippen molar-refractivity contribution in [2.45, 2.75) is 26.0 Å². The largest absolute Gasteiger partial charge is 0.377 e. The molecule has 11 heavy (non-hydrogen) atoms. The predicted octanol–water partition coefficient (Wildman–Crippen LogP) is 1.12. The number of hydrogen-bond acceptors (Lipinski definition) is 3. The molecule has 1 heterocycles. The van der Waals surface area contributed by atoms with Gasteiger partial charge in [-0.15, -0.1) is 0 Å². The van der Waals surface area contributed by atoms with Crippen molar-refractivity contribution >= 4 is 11.8 Å². The quantitative estimate of drug-likeness (QED) is 0.633. The van der Waals surface area contributed by atoms with Gasteiger partial charge in [0, 0.05) is 24.1 Å². The number of nitrogens with one attached hydrogen (secondary N) is 1. The fraction of sp³-hybridized carbons (Fsp3) is 1.00. The van der Waals surface area contributed by atoms with E-state index in [0.717, 1.165) is 19.2 Å². The Morgan fingerprint density at radius 2 is 2.27 bits per heavy atom. The highest BCUT2D eigenvalue weighted by Crippen LogP contribution is 2.16. The van der Waals surface area contributed by atoms with Crippen LogP contribution in [0.2, 0.25) is 0 Å². The average Bonchev–Trinajstić information content (AvgIpc) is 1.82. The highest BCUT2D eigenvalue weighted by molar-refractivity contribution is 8.00. The molecule has 3 heteroatoms. The first-order valence-electron chi connectivity index (χ1n) is 4.22. The van der Waals surface area contributed by atoms with Crippen molar-refractivity contribution in [3.63, 3.8) is 0 Å². The first-order chi connectivity index (χ1) is 5.29. The molecule has 0 aromatic rings. The maximum absolute atomic E-state index is 5.39. The van der Waals surface area contributed by atoms with Crippen molar-refractivity contribution in [3.05, 3.63) is 0 Å². The van der Waals surface area contributed by atoms with Crippen molar-refractivity contribution in [3.8, 4) is 0 Å². The lowest BCUT2D eigenvalue weighted by Crippen LogP contribution is -2.41. The molecular formula is C8H17NOS. The van der Waals surface area contributed by atoms with Gasteiger partial charge in [-0.05, 0) is 13.8 Å². The first kappa shape index (κ1) is 9.36. The van der Waals surface area contributed by atoms with Gasteiger partial charge in [0.1, 0.15) is 0 Å². The van der Waals surface area contributed by atoms with Crippen molar-refractivity contribution < 1.29 is 4.74 Å². The van der Waals surface area contributed by atoms with Crippen molar-refractivity contribution in [1.82, 2.24) is 5.32 Å². The minimum atomic E-state index is 0.368. The van der Waals surface area contributed by atoms with E-state index in [-0.39, 0.29) is 0 Å². The van der Waals surface area contributed by atoms with E-state index in [1.54, 1.807) is 0 Å². The Morgan fingerprint density at radius 1 is 1.55 bits per heavy atom. The molecule has 1 saturated heterocycles. The first-order valence-corrected chi connectivity index (χ1v) is 5.37. The summed E-state index contributed by atoms with van der Waals surface area (Å²) in [5.41, 5.74) is 0. The molecule has 0 bridgehead atoms. The second kappa shape index (κ2) is 5.01. The molecule has 0 spiro atoms. The van der Waals surface area contributed by atoms with Gasteiger partial charge in [-0.25, -0.2) is 0 Å². The molecule has 0 saturated carbocycles. The fourth-order valence-electron chi connectivity index (χ4n) is 0.911. The van der Waals surface area contributed by atoms with Crippen LogP contribution in [0, 0.1) is 0 Å². The minimum Gasteiger partial charge on any atom is -0.377 e. The Kier molecular flexibility index (Phi) is 4.26. The number of rotatable bonds is 5. The van der Waals surface area contributed by atoms with Crippen LogP contribution in [0.4, 0.5) is 0 Å². The summed E-state index contributed by atoms with van der Waals surface area (Å²) >= 11 is 2.01. The fourth-order valence-corrected chi connectivity index (χ4v) is 1.62. The highest BCUT2D eigenvalue weighted by atomic mass is 32.2. The van der Waals surface area contributed by atoms with Crippen LogP contribution in [-0.4, -0.2) is 36.8 Å². The summed E-state index contributed by atoms with van der Waals surface area (Å²) in [7, 11) is 0. The van der Waals surface area contributed by atoms with Gasteiger partial charge in [0.05, 0.1) is 12.7 Å². The molecule has 0 atom stereocenters. The number of thioether (sulfide) groups is 1. The molecule has 0 aromatic heterocycles. The normalized spacial score (nSPS) is 18.8. The maximum Gasteiger partial charge on any atom is 0.0594 e. The van der Waals surface area contributed by atoms with Gasteiger partial charge in [0.25, 0.3) is 0 Å². The molecular weight excluding hydrogens is 158 g/mol. The summed E-state index contributed by atoms with van der Waals surface area (Å²) < 4.78 is 5.39. The predicted molar refractivity (Wildman–Crippen MR) is 50.2 cm³/mol. The van der Waals surface area contributed by atoms with Gasteiger partial charge in [0.15, 0.2) is 0 Å². The smallest absolute Gasteiger partial charge is 0.0594 e. The molecule has 0 aromatic carbocycles. The number of hydrogen-bond donors (Lipinski definition) is 1. The van der Waals surface area contributed by atoms with Crippen LogP contribution in [0.15, 0.2) is 0 Å². The van der Waals surface area contributed by atoms with Gasteiger partial charge < -0.3 is 10.1 Å². The van der Waals surface area contributed by atoms with Crippen LogP contribution in [0.1, 0.15) is 13.8 Å². The van der Waals surface area contributed by atoms with Crippen molar-refractivity contribution in [2.24, 2.45) is 0 Å². The molecule has 0 radical (unpaired) electrons. The average molecular weight is 175 g/mol. The molecule has 0 amide bonds. The van der Waals surface area contributed by atoms with E-state index in [2.05, 4.69) is 19.2 Å². The summed E-state index contributed by atoms with van der Waals surface area (Å²) in [5, 5.41) is 3.43. The highest BCUT2D eigenvalue weighted by Gasteiger charge is 2.16. The van der Waals surface area contributed by atoms with Crippen molar-refractivity contribution in [1.29, 1.82) is 0 Å². The summed E-state index contributed by atoms with van der Waals surface area (Å²) in [6.45, 7) is 5.99. The van der Waals surface area contributed by atoms with E-state index in [1.807, 2.05) is 11.8 Å². The van der Waals surface area contributed by atoms with E-state index < -0.39 is 0 Å². The van der Waals surface area contributed by atoms with E-state index in [4.69, 9.17) is 4.74 Å². The zero-order valence-corrected chi connectivity index (χ0v) is 8.12. The molecule has 1 aliphatic rings. The zero-order valence-electron chi connectivity index (χ0n) is 7.30. The third-order valence-electron chi connectivity index (χ3n) is 1.62. The van der Waals surface area contributed by atoms with Gasteiger partial charge >= 0.3 is 0 Å². The van der Waals surface area contributed by atoms with E-state index in [9.17, 15) is 0 Å². The topological polar surface area (TPSA) is 21.3 Å². The summed E-state index contributed by atoms with van der Waals surface area (Å²) in [5.74, 6) is 2.56. The Balaban J connectivity index is 1.80. The SMILES string of the molecule is CC(C)OCCNC1CSC1. The van der Waals surface area contributed by atoms with Crippen LogP contribution in [0.25, 0.3) is 0 Å². The van der Waals surface area contributed by atoms with Gasteiger partial charge in [-0.2, -0.15) is 11.8 Å². The van der Waals surface area contributed by atoms with E-state index in [1.165, 1.54) is 11.5 Å². The van der Waals surface area contributed by atoms with Crippen LogP contribution in [-0.2, 0) is 4.74 Å². The van der Waals surface area contributed by atoms with E-state index in [0.29, 0.717) is 6.10 Å². The van der Waals surface area contributed by atoms with Crippen LogP contribution in [0.3, 0.4) is 0 Å². The van der Waals surface area contributed by atoms with E-state index >= 15 is 0 Å². The maximum atomic E-state index is 5.39. The molecule has 1 fully saturated rings. The monoisotopic (exact) mass is 175 g/mol. The molecule has 0 aliphatic carbocycles. The summed E-state index contributed by atoms with van der Waals surface area (Å²) in [6, 6.07) is 0.760. The molecule has 2 nitrogen and oxygen atoms in total. The Morgan fingerprint density at radius 3 is 2.73 bits per heavy atom. The Bertz CT molecular complexity index is 104. The molecule has 66 valence electrons. The van der Waals surface area contributed by atoms with Gasteiger partial charge in [-0.1, -0.05) is 0 Å². The molecule has 1 rings (SSSR count). The van der Waals surface area contributed by atoms with Crippen LogP contribution < -0.4 is 5.32 Å². The minimum absolute atomic E-state index is 0.368. The van der Waals surface area contributed by atoms with Gasteiger partial charge in [-0.3, -0.25) is 0 Å². The van der Waals surface area contributed by atoms with Crippen LogP contribution >= 0.6 is 11.8 Å².